The number of aryl methyl sites for hydroxylation is 1. The van der Waals surface area contributed by atoms with E-state index in [2.05, 4.69) is 27.9 Å². The highest BCUT2D eigenvalue weighted by molar-refractivity contribution is 7.09. The van der Waals surface area contributed by atoms with Gasteiger partial charge in [0.2, 0.25) is 0 Å². The van der Waals surface area contributed by atoms with E-state index in [1.807, 2.05) is 0 Å². The molecule has 0 radical (unpaired) electrons. The molecule has 2 aliphatic rings. The van der Waals surface area contributed by atoms with Gasteiger partial charge in [-0.15, -0.1) is 11.3 Å². The van der Waals surface area contributed by atoms with Crippen molar-refractivity contribution in [1.82, 2.24) is 15.6 Å². The molecule has 4 heteroatoms. The maximum absolute atomic E-state index is 4.52. The summed E-state index contributed by atoms with van der Waals surface area (Å²) in [6, 6.07) is 0.702. The predicted octanol–water partition coefficient (Wildman–Crippen LogP) is 1.83. The van der Waals surface area contributed by atoms with Crippen LogP contribution in [0.2, 0.25) is 0 Å². The van der Waals surface area contributed by atoms with Gasteiger partial charge in [0.15, 0.2) is 0 Å². The normalized spacial score (nSPS) is 33.2. The van der Waals surface area contributed by atoms with Crippen LogP contribution in [0.1, 0.15) is 36.4 Å². The van der Waals surface area contributed by atoms with Gasteiger partial charge in [-0.05, 0) is 39.2 Å². The minimum absolute atomic E-state index is 0.375. The summed E-state index contributed by atoms with van der Waals surface area (Å²) in [5, 5.41) is 10.8. The van der Waals surface area contributed by atoms with E-state index in [0.717, 1.165) is 12.2 Å². The number of fused-ring (bicyclic) bond motifs is 1. The largest absolute Gasteiger partial charge is 0.312 e. The molecule has 3 rings (SSSR count). The number of thiazole rings is 1. The van der Waals surface area contributed by atoms with Gasteiger partial charge in [-0.25, -0.2) is 4.98 Å². The lowest BCUT2D eigenvalue weighted by Gasteiger charge is -2.29. The Labute approximate surface area is 101 Å². The average Bonchev–Trinajstić information content (AvgIpc) is 2.89. The van der Waals surface area contributed by atoms with Crippen LogP contribution in [0.4, 0.5) is 0 Å². The third-order valence-corrected chi connectivity index (χ3v) is 4.97. The van der Waals surface area contributed by atoms with E-state index in [-0.39, 0.29) is 0 Å². The summed E-state index contributed by atoms with van der Waals surface area (Å²) < 4.78 is 0. The third kappa shape index (κ3) is 1.79. The Hall–Kier alpha value is -0.450. The molecule has 3 nitrogen and oxygen atoms in total. The van der Waals surface area contributed by atoms with E-state index in [0.29, 0.717) is 11.6 Å². The highest BCUT2D eigenvalue weighted by atomic mass is 32.1. The minimum Gasteiger partial charge on any atom is -0.312 e. The molecule has 0 amide bonds. The molecular formula is C12H19N3S. The van der Waals surface area contributed by atoms with Crippen molar-refractivity contribution < 1.29 is 0 Å². The Morgan fingerprint density at radius 2 is 2.56 bits per heavy atom. The van der Waals surface area contributed by atoms with Gasteiger partial charge in [0.05, 0.1) is 0 Å². The lowest BCUT2D eigenvalue weighted by molar-refractivity contribution is 0.318. The molecule has 1 saturated carbocycles. The monoisotopic (exact) mass is 237 g/mol. The van der Waals surface area contributed by atoms with Crippen LogP contribution in [-0.4, -0.2) is 23.1 Å². The topological polar surface area (TPSA) is 37.0 Å². The molecule has 0 bridgehead atoms. The number of hydrogen-bond donors (Lipinski definition) is 2. The third-order valence-electron chi connectivity index (χ3n) is 4.00. The molecule has 2 unspecified atom stereocenters. The van der Waals surface area contributed by atoms with E-state index < -0.39 is 0 Å². The van der Waals surface area contributed by atoms with Crippen LogP contribution < -0.4 is 10.6 Å². The molecule has 2 fully saturated rings. The summed E-state index contributed by atoms with van der Waals surface area (Å²) in [4.78, 5) is 4.52. The van der Waals surface area contributed by atoms with Crippen molar-refractivity contribution in [2.75, 3.05) is 6.54 Å². The van der Waals surface area contributed by atoms with Crippen molar-refractivity contribution in [3.8, 4) is 0 Å². The second-order valence-electron chi connectivity index (χ2n) is 5.04. The van der Waals surface area contributed by atoms with Crippen molar-refractivity contribution in [1.29, 1.82) is 0 Å². The number of nitrogens with one attached hydrogen (secondary N) is 2. The van der Waals surface area contributed by atoms with Crippen LogP contribution in [0.15, 0.2) is 5.38 Å². The number of rotatable bonds is 3. The van der Waals surface area contributed by atoms with Crippen LogP contribution >= 0.6 is 11.3 Å². The molecule has 16 heavy (non-hydrogen) atoms. The SMILES string of the molecule is Cc1csc(CNC23CCCC2NCC3)n1. The van der Waals surface area contributed by atoms with Gasteiger partial charge in [0.1, 0.15) is 5.01 Å². The highest BCUT2D eigenvalue weighted by Crippen LogP contribution is 2.36. The predicted molar refractivity (Wildman–Crippen MR) is 66.7 cm³/mol. The Morgan fingerprint density at radius 1 is 1.62 bits per heavy atom. The van der Waals surface area contributed by atoms with Crippen molar-refractivity contribution in [2.24, 2.45) is 0 Å². The van der Waals surface area contributed by atoms with E-state index in [9.17, 15) is 0 Å². The zero-order valence-electron chi connectivity index (χ0n) is 9.75. The minimum atomic E-state index is 0.375. The van der Waals surface area contributed by atoms with Crippen LogP contribution in [0.3, 0.4) is 0 Å². The van der Waals surface area contributed by atoms with Crippen molar-refractivity contribution in [3.63, 3.8) is 0 Å². The second kappa shape index (κ2) is 4.09. The van der Waals surface area contributed by atoms with Gasteiger partial charge >= 0.3 is 0 Å². The second-order valence-corrected chi connectivity index (χ2v) is 5.98. The molecule has 2 heterocycles. The molecule has 1 aliphatic heterocycles. The molecule has 0 spiro atoms. The first-order valence-electron chi connectivity index (χ1n) is 6.18. The first-order chi connectivity index (χ1) is 7.78. The first-order valence-corrected chi connectivity index (χ1v) is 7.06. The Balaban J connectivity index is 1.66. The molecule has 0 aromatic carbocycles. The Kier molecular flexibility index (Phi) is 2.73. The van der Waals surface area contributed by atoms with Gasteiger partial charge in [-0.1, -0.05) is 0 Å². The van der Waals surface area contributed by atoms with Crippen molar-refractivity contribution in [3.05, 3.63) is 16.1 Å². The van der Waals surface area contributed by atoms with Crippen molar-refractivity contribution >= 4 is 11.3 Å². The average molecular weight is 237 g/mol. The zero-order valence-corrected chi connectivity index (χ0v) is 10.6. The molecule has 1 aliphatic carbocycles. The Morgan fingerprint density at radius 3 is 3.38 bits per heavy atom. The number of aromatic nitrogens is 1. The van der Waals surface area contributed by atoms with Gasteiger partial charge in [-0.2, -0.15) is 0 Å². The van der Waals surface area contributed by atoms with Gasteiger partial charge in [0, 0.05) is 29.2 Å². The lowest BCUT2D eigenvalue weighted by atomic mass is 9.93. The van der Waals surface area contributed by atoms with E-state index in [1.54, 1.807) is 11.3 Å². The fourth-order valence-corrected chi connectivity index (χ4v) is 3.89. The summed E-state index contributed by atoms with van der Waals surface area (Å²) in [5.41, 5.74) is 1.52. The maximum Gasteiger partial charge on any atom is 0.107 e. The summed E-state index contributed by atoms with van der Waals surface area (Å²) in [6.07, 6.45) is 5.31. The van der Waals surface area contributed by atoms with E-state index in [4.69, 9.17) is 0 Å². The molecule has 1 aromatic rings. The van der Waals surface area contributed by atoms with Crippen LogP contribution in [0.5, 0.6) is 0 Å². The first kappa shape index (κ1) is 10.7. The standard InChI is InChI=1S/C12H19N3S/c1-9-8-16-11(15-9)7-14-12-4-2-3-10(12)13-6-5-12/h8,10,13-14H,2-7H2,1H3. The number of hydrogen-bond acceptors (Lipinski definition) is 4. The molecule has 88 valence electrons. The summed E-state index contributed by atoms with van der Waals surface area (Å²) >= 11 is 1.77. The highest BCUT2D eigenvalue weighted by Gasteiger charge is 2.45. The van der Waals surface area contributed by atoms with E-state index in [1.165, 1.54) is 37.2 Å². The maximum atomic E-state index is 4.52. The summed E-state index contributed by atoms with van der Waals surface area (Å²) in [6.45, 7) is 4.18. The van der Waals surface area contributed by atoms with Gasteiger partial charge in [0.25, 0.3) is 0 Å². The van der Waals surface area contributed by atoms with Crippen LogP contribution in [-0.2, 0) is 6.54 Å². The molecular weight excluding hydrogens is 218 g/mol. The summed E-state index contributed by atoms with van der Waals surface area (Å²) in [7, 11) is 0. The molecule has 2 atom stereocenters. The van der Waals surface area contributed by atoms with Crippen LogP contribution in [0.25, 0.3) is 0 Å². The summed E-state index contributed by atoms with van der Waals surface area (Å²) in [5.74, 6) is 0. The van der Waals surface area contributed by atoms with Crippen molar-refractivity contribution in [2.45, 2.75) is 50.7 Å². The lowest BCUT2D eigenvalue weighted by Crippen LogP contribution is -2.49. The van der Waals surface area contributed by atoms with Gasteiger partial charge < -0.3 is 10.6 Å². The fraction of sp³-hybridized carbons (Fsp3) is 0.750. The molecule has 1 saturated heterocycles. The van der Waals surface area contributed by atoms with E-state index >= 15 is 0 Å². The van der Waals surface area contributed by atoms with Gasteiger partial charge in [-0.3, -0.25) is 0 Å². The van der Waals surface area contributed by atoms with Crippen LogP contribution in [0, 0.1) is 6.92 Å². The number of nitrogens with zero attached hydrogens (tertiary/aromatic N) is 1. The smallest absolute Gasteiger partial charge is 0.107 e. The fourth-order valence-electron chi connectivity index (χ4n) is 3.17. The Bertz CT molecular complexity index is 364. The molecule has 1 aromatic heterocycles. The zero-order chi connectivity index (χ0) is 11.0. The quantitative estimate of drug-likeness (QED) is 0.842. The molecule has 2 N–H and O–H groups in total.